The molecule has 5 nitrogen and oxygen atoms in total. The SMILES string of the molecule is Cc1nc2cc(F)ccc2cc1C(=O)NC1(CC(=O)O)CCC1. The second kappa shape index (κ2) is 5.61. The van der Waals surface area contributed by atoms with Gasteiger partial charge in [-0.1, -0.05) is 0 Å². The highest BCUT2D eigenvalue weighted by molar-refractivity contribution is 5.99. The Labute approximate surface area is 132 Å². The molecule has 1 aliphatic rings. The predicted octanol–water partition coefficient (Wildman–Crippen LogP) is 2.81. The zero-order valence-corrected chi connectivity index (χ0v) is 12.7. The summed E-state index contributed by atoms with van der Waals surface area (Å²) in [5, 5.41) is 12.6. The van der Waals surface area contributed by atoms with Crippen molar-refractivity contribution in [2.75, 3.05) is 0 Å². The number of carboxylic acid groups (broad SMARTS) is 1. The summed E-state index contributed by atoms with van der Waals surface area (Å²) in [5.41, 5.74) is 0.710. The Morgan fingerprint density at radius 2 is 2.09 bits per heavy atom. The number of hydrogen-bond donors (Lipinski definition) is 2. The van der Waals surface area contributed by atoms with Gasteiger partial charge >= 0.3 is 5.97 Å². The molecule has 3 rings (SSSR count). The molecule has 1 aromatic carbocycles. The molecule has 0 radical (unpaired) electrons. The van der Waals surface area contributed by atoms with Crippen molar-refractivity contribution in [3.63, 3.8) is 0 Å². The van der Waals surface area contributed by atoms with Crippen LogP contribution in [-0.2, 0) is 4.79 Å². The van der Waals surface area contributed by atoms with Crippen LogP contribution in [0.5, 0.6) is 0 Å². The number of halogens is 1. The predicted molar refractivity (Wildman–Crippen MR) is 82.7 cm³/mol. The first-order valence-corrected chi connectivity index (χ1v) is 7.50. The lowest BCUT2D eigenvalue weighted by Gasteiger charge is -2.41. The van der Waals surface area contributed by atoms with Gasteiger partial charge < -0.3 is 10.4 Å². The first-order chi connectivity index (χ1) is 10.9. The van der Waals surface area contributed by atoms with Crippen molar-refractivity contribution < 1.29 is 19.1 Å². The number of amides is 1. The molecule has 1 fully saturated rings. The number of pyridine rings is 1. The molecule has 1 heterocycles. The summed E-state index contributed by atoms with van der Waals surface area (Å²) in [7, 11) is 0. The Morgan fingerprint density at radius 3 is 2.70 bits per heavy atom. The van der Waals surface area contributed by atoms with E-state index in [1.54, 1.807) is 19.1 Å². The van der Waals surface area contributed by atoms with Gasteiger partial charge in [-0.25, -0.2) is 4.39 Å². The molecule has 0 aliphatic heterocycles. The number of rotatable bonds is 4. The Morgan fingerprint density at radius 1 is 1.35 bits per heavy atom. The smallest absolute Gasteiger partial charge is 0.305 e. The van der Waals surface area contributed by atoms with Gasteiger partial charge in [0, 0.05) is 11.5 Å². The topological polar surface area (TPSA) is 79.3 Å². The summed E-state index contributed by atoms with van der Waals surface area (Å²) in [6, 6.07) is 5.88. The van der Waals surface area contributed by atoms with Crippen LogP contribution in [0.4, 0.5) is 4.39 Å². The maximum absolute atomic E-state index is 13.2. The van der Waals surface area contributed by atoms with E-state index in [2.05, 4.69) is 10.3 Å². The van der Waals surface area contributed by atoms with Crippen LogP contribution in [0.15, 0.2) is 24.3 Å². The highest BCUT2D eigenvalue weighted by Crippen LogP contribution is 2.35. The molecule has 0 spiro atoms. The molecule has 2 aromatic rings. The Balaban J connectivity index is 1.90. The van der Waals surface area contributed by atoms with E-state index >= 15 is 0 Å². The number of carbonyl (C=O) groups is 2. The van der Waals surface area contributed by atoms with Gasteiger partial charge in [-0.15, -0.1) is 0 Å². The summed E-state index contributed by atoms with van der Waals surface area (Å²) >= 11 is 0. The van der Waals surface area contributed by atoms with Crippen molar-refractivity contribution in [1.29, 1.82) is 0 Å². The van der Waals surface area contributed by atoms with Crippen LogP contribution in [0.1, 0.15) is 41.7 Å². The van der Waals surface area contributed by atoms with Gasteiger partial charge in [-0.2, -0.15) is 0 Å². The summed E-state index contributed by atoms with van der Waals surface area (Å²) in [5.74, 6) is -1.63. The van der Waals surface area contributed by atoms with E-state index in [0.29, 0.717) is 35.0 Å². The molecule has 1 aliphatic carbocycles. The normalized spacial score (nSPS) is 15.9. The number of hydrogen-bond acceptors (Lipinski definition) is 3. The van der Waals surface area contributed by atoms with E-state index in [9.17, 15) is 14.0 Å². The average Bonchev–Trinajstić information content (AvgIpc) is 2.43. The van der Waals surface area contributed by atoms with E-state index in [-0.39, 0.29) is 18.1 Å². The number of nitrogens with one attached hydrogen (secondary N) is 1. The third kappa shape index (κ3) is 3.02. The maximum Gasteiger partial charge on any atom is 0.305 e. The molecule has 6 heteroatoms. The van der Waals surface area contributed by atoms with Gasteiger partial charge in [0.25, 0.3) is 5.91 Å². The van der Waals surface area contributed by atoms with Crippen LogP contribution < -0.4 is 5.32 Å². The van der Waals surface area contributed by atoms with Crippen molar-refractivity contribution >= 4 is 22.8 Å². The summed E-state index contributed by atoms with van der Waals surface area (Å²) < 4.78 is 13.2. The number of fused-ring (bicyclic) bond motifs is 1. The van der Waals surface area contributed by atoms with Gasteiger partial charge in [0.1, 0.15) is 5.82 Å². The summed E-state index contributed by atoms with van der Waals surface area (Å²) in [4.78, 5) is 27.8. The minimum absolute atomic E-state index is 0.0794. The second-order valence-electron chi connectivity index (χ2n) is 6.12. The highest BCUT2D eigenvalue weighted by atomic mass is 19.1. The van der Waals surface area contributed by atoms with Gasteiger partial charge in [0.2, 0.25) is 0 Å². The second-order valence-corrected chi connectivity index (χ2v) is 6.12. The van der Waals surface area contributed by atoms with Crippen LogP contribution in [-0.4, -0.2) is 27.5 Å². The molecular formula is C17H17FN2O3. The molecular weight excluding hydrogens is 299 g/mol. The summed E-state index contributed by atoms with van der Waals surface area (Å²) in [6.07, 6.45) is 2.15. The fraction of sp³-hybridized carbons (Fsp3) is 0.353. The van der Waals surface area contributed by atoms with Gasteiger partial charge in [0.05, 0.1) is 28.7 Å². The fourth-order valence-corrected chi connectivity index (χ4v) is 3.01. The van der Waals surface area contributed by atoms with Crippen LogP contribution in [0.25, 0.3) is 10.9 Å². The van der Waals surface area contributed by atoms with Crippen LogP contribution in [0.2, 0.25) is 0 Å². The standard InChI is InChI=1S/C17H17FN2O3/c1-10-13(7-11-3-4-12(18)8-14(11)19-10)16(23)20-17(5-2-6-17)9-15(21)22/h3-4,7-8H,2,5-6,9H2,1H3,(H,20,23)(H,21,22). The number of aromatic nitrogens is 1. The Kier molecular flexibility index (Phi) is 3.75. The number of benzene rings is 1. The number of nitrogens with zero attached hydrogens (tertiary/aromatic N) is 1. The molecule has 0 bridgehead atoms. The van der Waals surface area contributed by atoms with Crippen molar-refractivity contribution in [1.82, 2.24) is 10.3 Å². The van der Waals surface area contributed by atoms with Crippen LogP contribution in [0, 0.1) is 12.7 Å². The van der Waals surface area contributed by atoms with Gasteiger partial charge in [0.15, 0.2) is 0 Å². The molecule has 23 heavy (non-hydrogen) atoms. The quantitative estimate of drug-likeness (QED) is 0.909. The molecule has 0 atom stereocenters. The molecule has 0 saturated heterocycles. The number of aliphatic carboxylic acids is 1. The lowest BCUT2D eigenvalue weighted by atomic mass is 9.74. The third-order valence-corrected chi connectivity index (χ3v) is 4.39. The third-order valence-electron chi connectivity index (χ3n) is 4.39. The maximum atomic E-state index is 13.2. The van der Waals surface area contributed by atoms with Crippen molar-refractivity contribution in [3.8, 4) is 0 Å². The number of carbonyl (C=O) groups excluding carboxylic acids is 1. The number of carboxylic acids is 1. The molecule has 120 valence electrons. The van der Waals surface area contributed by atoms with Crippen molar-refractivity contribution in [2.24, 2.45) is 0 Å². The minimum atomic E-state index is -0.922. The van der Waals surface area contributed by atoms with Crippen LogP contribution in [0.3, 0.4) is 0 Å². The molecule has 1 amide bonds. The Bertz CT molecular complexity index is 800. The number of aryl methyl sites for hydroxylation is 1. The first-order valence-electron chi connectivity index (χ1n) is 7.50. The Hall–Kier alpha value is -2.50. The largest absolute Gasteiger partial charge is 0.481 e. The molecule has 1 saturated carbocycles. The molecule has 0 unspecified atom stereocenters. The zero-order valence-electron chi connectivity index (χ0n) is 12.7. The van der Waals surface area contributed by atoms with E-state index in [0.717, 1.165) is 6.42 Å². The monoisotopic (exact) mass is 316 g/mol. The first kappa shape index (κ1) is 15.4. The van der Waals surface area contributed by atoms with Gasteiger partial charge in [-0.05, 0) is 44.4 Å². The average molecular weight is 316 g/mol. The summed E-state index contributed by atoms with van der Waals surface area (Å²) in [6.45, 7) is 1.68. The van der Waals surface area contributed by atoms with E-state index in [4.69, 9.17) is 5.11 Å². The van der Waals surface area contributed by atoms with Crippen molar-refractivity contribution in [2.45, 2.75) is 38.1 Å². The van der Waals surface area contributed by atoms with Gasteiger partial charge in [-0.3, -0.25) is 14.6 Å². The lowest BCUT2D eigenvalue weighted by molar-refractivity contribution is -0.139. The zero-order chi connectivity index (χ0) is 16.6. The van der Waals surface area contributed by atoms with Crippen molar-refractivity contribution in [3.05, 3.63) is 41.3 Å². The highest BCUT2D eigenvalue weighted by Gasteiger charge is 2.40. The van der Waals surface area contributed by atoms with E-state index in [1.165, 1.54) is 12.1 Å². The minimum Gasteiger partial charge on any atom is -0.481 e. The van der Waals surface area contributed by atoms with Crippen LogP contribution >= 0.6 is 0 Å². The van der Waals surface area contributed by atoms with E-state index in [1.807, 2.05) is 0 Å². The fourth-order valence-electron chi connectivity index (χ4n) is 3.01. The van der Waals surface area contributed by atoms with E-state index < -0.39 is 11.5 Å². The molecule has 2 N–H and O–H groups in total. The molecule has 1 aromatic heterocycles. The lowest BCUT2D eigenvalue weighted by Crippen LogP contribution is -2.54.